The Balaban J connectivity index is 2.11. The van der Waals surface area contributed by atoms with E-state index >= 15 is 0 Å². The van der Waals surface area contributed by atoms with E-state index in [1.807, 2.05) is 12.2 Å². The van der Waals surface area contributed by atoms with Crippen molar-refractivity contribution in [2.24, 2.45) is 5.92 Å². The third kappa shape index (κ3) is 2.68. The topological polar surface area (TPSA) is 26.3 Å². The standard InChI is InChI=1S/C10H16O2/c1-2-3-8-12-10(11)9-6-4-5-7-9/h4-5,9H,2-3,6-8H2,1H3. The molecule has 1 aliphatic rings. The summed E-state index contributed by atoms with van der Waals surface area (Å²) in [7, 11) is 0. The monoisotopic (exact) mass is 168 g/mol. The molecule has 1 rings (SSSR count). The highest BCUT2D eigenvalue weighted by Crippen LogP contribution is 2.18. The first-order valence-corrected chi connectivity index (χ1v) is 4.66. The van der Waals surface area contributed by atoms with E-state index in [2.05, 4.69) is 6.92 Å². The number of esters is 1. The molecule has 0 aliphatic heterocycles. The van der Waals surface area contributed by atoms with Gasteiger partial charge < -0.3 is 4.74 Å². The second-order valence-electron chi connectivity index (χ2n) is 3.16. The van der Waals surface area contributed by atoms with Crippen LogP contribution in [-0.4, -0.2) is 12.6 Å². The van der Waals surface area contributed by atoms with Crippen LogP contribution in [0.4, 0.5) is 0 Å². The highest BCUT2D eigenvalue weighted by Gasteiger charge is 2.19. The predicted octanol–water partition coefficient (Wildman–Crippen LogP) is 2.30. The molecular weight excluding hydrogens is 152 g/mol. The maximum atomic E-state index is 11.3. The predicted molar refractivity (Wildman–Crippen MR) is 47.7 cm³/mol. The van der Waals surface area contributed by atoms with Gasteiger partial charge in [0.1, 0.15) is 0 Å². The van der Waals surface area contributed by atoms with Gasteiger partial charge in [0.15, 0.2) is 0 Å². The van der Waals surface area contributed by atoms with Gasteiger partial charge in [-0.2, -0.15) is 0 Å². The molecule has 1 aliphatic carbocycles. The molecule has 0 aromatic heterocycles. The molecule has 0 radical (unpaired) electrons. The van der Waals surface area contributed by atoms with Gasteiger partial charge >= 0.3 is 5.97 Å². The Morgan fingerprint density at radius 2 is 2.17 bits per heavy atom. The minimum atomic E-state index is -0.0200. The summed E-state index contributed by atoms with van der Waals surface area (Å²) >= 11 is 0. The van der Waals surface area contributed by atoms with Crippen LogP contribution in [-0.2, 0) is 9.53 Å². The molecule has 0 heterocycles. The quantitative estimate of drug-likeness (QED) is 0.366. The molecule has 68 valence electrons. The van der Waals surface area contributed by atoms with E-state index in [0.29, 0.717) is 6.61 Å². The molecule has 2 heteroatoms. The molecule has 2 nitrogen and oxygen atoms in total. The molecule has 0 unspecified atom stereocenters. The fourth-order valence-electron chi connectivity index (χ4n) is 1.24. The lowest BCUT2D eigenvalue weighted by atomic mass is 10.1. The Morgan fingerprint density at radius 1 is 1.50 bits per heavy atom. The van der Waals surface area contributed by atoms with Crippen LogP contribution in [0.1, 0.15) is 32.6 Å². The van der Waals surface area contributed by atoms with E-state index in [-0.39, 0.29) is 11.9 Å². The first-order valence-electron chi connectivity index (χ1n) is 4.66. The van der Waals surface area contributed by atoms with Crippen molar-refractivity contribution >= 4 is 5.97 Å². The van der Waals surface area contributed by atoms with Gasteiger partial charge in [0.2, 0.25) is 0 Å². The van der Waals surface area contributed by atoms with Crippen LogP contribution >= 0.6 is 0 Å². The third-order valence-electron chi connectivity index (χ3n) is 2.08. The highest BCUT2D eigenvalue weighted by atomic mass is 16.5. The van der Waals surface area contributed by atoms with Crippen molar-refractivity contribution in [2.75, 3.05) is 6.61 Å². The van der Waals surface area contributed by atoms with E-state index in [9.17, 15) is 4.79 Å². The van der Waals surface area contributed by atoms with Gasteiger partial charge in [-0.1, -0.05) is 25.5 Å². The molecule has 0 saturated heterocycles. The Labute approximate surface area is 73.6 Å². The lowest BCUT2D eigenvalue weighted by Gasteiger charge is -2.08. The fourth-order valence-corrected chi connectivity index (χ4v) is 1.24. The molecule has 0 amide bonds. The van der Waals surface area contributed by atoms with Crippen LogP contribution in [0.15, 0.2) is 12.2 Å². The van der Waals surface area contributed by atoms with E-state index in [4.69, 9.17) is 4.74 Å². The number of carbonyl (C=O) groups excluding carboxylic acids is 1. The average molecular weight is 168 g/mol. The maximum absolute atomic E-state index is 11.3. The molecule has 0 N–H and O–H groups in total. The molecule has 0 aromatic rings. The van der Waals surface area contributed by atoms with Crippen molar-refractivity contribution in [2.45, 2.75) is 32.6 Å². The van der Waals surface area contributed by atoms with Crippen LogP contribution in [0.5, 0.6) is 0 Å². The maximum Gasteiger partial charge on any atom is 0.309 e. The summed E-state index contributed by atoms with van der Waals surface area (Å²) in [4.78, 5) is 11.3. The molecule has 0 atom stereocenters. The van der Waals surface area contributed by atoms with Crippen LogP contribution in [0, 0.1) is 5.92 Å². The van der Waals surface area contributed by atoms with Crippen molar-refractivity contribution in [1.29, 1.82) is 0 Å². The molecule has 12 heavy (non-hydrogen) atoms. The summed E-state index contributed by atoms with van der Waals surface area (Å²) in [6, 6.07) is 0. The van der Waals surface area contributed by atoms with Crippen molar-refractivity contribution in [3.63, 3.8) is 0 Å². The highest BCUT2D eigenvalue weighted by molar-refractivity contribution is 5.73. The van der Waals surface area contributed by atoms with Gasteiger partial charge in [-0.05, 0) is 19.3 Å². The van der Waals surface area contributed by atoms with Gasteiger partial charge in [0, 0.05) is 0 Å². The van der Waals surface area contributed by atoms with E-state index in [0.717, 1.165) is 25.7 Å². The van der Waals surface area contributed by atoms with Crippen molar-refractivity contribution in [3.05, 3.63) is 12.2 Å². The van der Waals surface area contributed by atoms with Gasteiger partial charge in [0.25, 0.3) is 0 Å². The zero-order chi connectivity index (χ0) is 8.81. The van der Waals surface area contributed by atoms with Crippen molar-refractivity contribution < 1.29 is 9.53 Å². The number of hydrogen-bond donors (Lipinski definition) is 0. The van der Waals surface area contributed by atoms with E-state index in [1.165, 1.54) is 0 Å². The smallest absolute Gasteiger partial charge is 0.309 e. The first-order chi connectivity index (χ1) is 5.84. The van der Waals surface area contributed by atoms with Gasteiger partial charge in [-0.25, -0.2) is 0 Å². The van der Waals surface area contributed by atoms with Crippen LogP contribution in [0.2, 0.25) is 0 Å². The number of unbranched alkanes of at least 4 members (excludes halogenated alkanes) is 1. The fraction of sp³-hybridized carbons (Fsp3) is 0.700. The Bertz CT molecular complexity index is 165. The summed E-state index contributed by atoms with van der Waals surface area (Å²) in [6.45, 7) is 2.68. The summed E-state index contributed by atoms with van der Waals surface area (Å²) in [5.74, 6) is 0.0929. The summed E-state index contributed by atoms with van der Waals surface area (Å²) in [5, 5.41) is 0. The second-order valence-corrected chi connectivity index (χ2v) is 3.16. The zero-order valence-corrected chi connectivity index (χ0v) is 7.58. The van der Waals surface area contributed by atoms with Crippen LogP contribution in [0.3, 0.4) is 0 Å². The van der Waals surface area contributed by atoms with Crippen molar-refractivity contribution in [1.82, 2.24) is 0 Å². The number of allylic oxidation sites excluding steroid dienone is 2. The molecular formula is C10H16O2. The largest absolute Gasteiger partial charge is 0.465 e. The van der Waals surface area contributed by atoms with E-state index < -0.39 is 0 Å². The first kappa shape index (κ1) is 9.30. The van der Waals surface area contributed by atoms with Gasteiger partial charge in [-0.3, -0.25) is 4.79 Å². The third-order valence-corrected chi connectivity index (χ3v) is 2.08. The van der Waals surface area contributed by atoms with Crippen LogP contribution in [0.25, 0.3) is 0 Å². The summed E-state index contributed by atoms with van der Waals surface area (Å²) in [6.07, 6.45) is 7.88. The normalized spacial score (nSPS) is 16.8. The Morgan fingerprint density at radius 3 is 2.75 bits per heavy atom. The van der Waals surface area contributed by atoms with Crippen molar-refractivity contribution in [3.8, 4) is 0 Å². The van der Waals surface area contributed by atoms with Gasteiger partial charge in [-0.15, -0.1) is 0 Å². The van der Waals surface area contributed by atoms with E-state index in [1.54, 1.807) is 0 Å². The van der Waals surface area contributed by atoms with Crippen LogP contribution < -0.4 is 0 Å². The number of ether oxygens (including phenoxy) is 1. The Hall–Kier alpha value is -0.790. The number of carbonyl (C=O) groups is 1. The second kappa shape index (κ2) is 4.96. The van der Waals surface area contributed by atoms with Gasteiger partial charge in [0.05, 0.1) is 12.5 Å². The number of hydrogen-bond acceptors (Lipinski definition) is 2. The average Bonchev–Trinajstić information content (AvgIpc) is 2.56. The Kier molecular flexibility index (Phi) is 3.85. The molecule has 0 saturated carbocycles. The summed E-state index contributed by atoms with van der Waals surface area (Å²) in [5.41, 5.74) is 0. The summed E-state index contributed by atoms with van der Waals surface area (Å²) < 4.78 is 5.09. The lowest BCUT2D eigenvalue weighted by molar-refractivity contribution is -0.148. The molecule has 0 aromatic carbocycles. The minimum absolute atomic E-state index is 0.0200. The lowest BCUT2D eigenvalue weighted by Crippen LogP contribution is -2.15. The zero-order valence-electron chi connectivity index (χ0n) is 7.58. The number of rotatable bonds is 4. The minimum Gasteiger partial charge on any atom is -0.465 e. The molecule has 0 fully saturated rings. The SMILES string of the molecule is CCCCOC(=O)C1CC=CC1. The molecule has 0 bridgehead atoms. The molecule has 0 spiro atoms.